The Bertz CT molecular complexity index is 1400. The van der Waals surface area contributed by atoms with Crippen molar-refractivity contribution in [3.05, 3.63) is 52.6 Å². The molecule has 0 bridgehead atoms. The number of imide groups is 1. The highest BCUT2D eigenvalue weighted by Gasteiger charge is 2.34. The van der Waals surface area contributed by atoms with Crippen molar-refractivity contribution in [2.24, 2.45) is 0 Å². The quantitative estimate of drug-likeness (QED) is 0.568. The number of carbonyl (C=O) groups is 2. The predicted molar refractivity (Wildman–Crippen MR) is 133 cm³/mol. The van der Waals surface area contributed by atoms with Crippen LogP contribution in [0.4, 0.5) is 29.3 Å². The van der Waals surface area contributed by atoms with Gasteiger partial charge in [-0.25, -0.2) is 18.1 Å². The number of hydrogen-bond acceptors (Lipinski definition) is 5. The number of alkyl halides is 3. The zero-order valence-electron chi connectivity index (χ0n) is 20.8. The Kier molecular flexibility index (Phi) is 7.51. The second kappa shape index (κ2) is 9.97. The molecule has 2 N–H and O–H groups in total. The number of carbonyl (C=O) groups excluding carboxylic acids is 2. The summed E-state index contributed by atoms with van der Waals surface area (Å²) in [5, 5.41) is 2.61. The summed E-state index contributed by atoms with van der Waals surface area (Å²) in [4.78, 5) is 26.0. The molecule has 198 valence electrons. The van der Waals surface area contributed by atoms with Crippen molar-refractivity contribution in [2.75, 3.05) is 29.5 Å². The van der Waals surface area contributed by atoms with Gasteiger partial charge < -0.3 is 10.1 Å². The Morgan fingerprint density at radius 1 is 1.05 bits per heavy atom. The molecule has 8 nitrogen and oxygen atoms in total. The van der Waals surface area contributed by atoms with Gasteiger partial charge >= 0.3 is 12.2 Å². The van der Waals surface area contributed by atoms with Gasteiger partial charge in [0.2, 0.25) is 15.9 Å². The van der Waals surface area contributed by atoms with Gasteiger partial charge in [0.05, 0.1) is 35.9 Å². The van der Waals surface area contributed by atoms with E-state index < -0.39 is 44.8 Å². The fourth-order valence-corrected chi connectivity index (χ4v) is 4.32. The van der Waals surface area contributed by atoms with Gasteiger partial charge in [0.25, 0.3) is 0 Å². The van der Waals surface area contributed by atoms with Gasteiger partial charge in [0.15, 0.2) is 0 Å². The summed E-state index contributed by atoms with van der Waals surface area (Å²) in [6, 6.07) is 5.50. The Balaban J connectivity index is 2.18. The van der Waals surface area contributed by atoms with Gasteiger partial charge in [-0.2, -0.15) is 13.2 Å². The zero-order valence-corrected chi connectivity index (χ0v) is 21.6. The van der Waals surface area contributed by atoms with E-state index in [1.807, 2.05) is 25.5 Å². The van der Waals surface area contributed by atoms with E-state index in [4.69, 9.17) is 4.74 Å². The molecule has 1 fully saturated rings. The topological polar surface area (TPSA) is 105 Å². The number of nitrogens with zero attached hydrogens (tertiary/aromatic N) is 1. The highest BCUT2D eigenvalue weighted by atomic mass is 32.2. The van der Waals surface area contributed by atoms with Crippen molar-refractivity contribution in [3.8, 4) is 17.6 Å². The number of rotatable bonds is 4. The molecule has 2 aromatic rings. The lowest BCUT2D eigenvalue weighted by Crippen LogP contribution is -2.50. The standard InChI is InChI=1S/C25H26F3N3O5S/c1-24(2,3)19-14-17(31-21(32)10-11-29-23(31)33)13-16(22(19)36-4)8-6-15-7-9-20(30-37(5,34)35)18(12-15)25(26,27)28/h7,9,12-14,30H,10-11H2,1-5H3,(H,29,33). The van der Waals surface area contributed by atoms with Crippen molar-refractivity contribution in [3.63, 3.8) is 0 Å². The molecular weight excluding hydrogens is 511 g/mol. The first-order valence-corrected chi connectivity index (χ1v) is 12.9. The molecule has 0 aromatic heterocycles. The van der Waals surface area contributed by atoms with Gasteiger partial charge in [0.1, 0.15) is 5.75 Å². The minimum Gasteiger partial charge on any atom is -0.495 e. The number of halogens is 3. The number of nitrogens with one attached hydrogen (secondary N) is 2. The molecule has 3 amide bonds. The third-order valence-corrected chi connectivity index (χ3v) is 5.96. The van der Waals surface area contributed by atoms with Crippen LogP contribution in [0.15, 0.2) is 30.3 Å². The number of methoxy groups -OCH3 is 1. The van der Waals surface area contributed by atoms with Crippen LogP contribution in [0.2, 0.25) is 0 Å². The van der Waals surface area contributed by atoms with Crippen LogP contribution in [-0.4, -0.2) is 40.3 Å². The summed E-state index contributed by atoms with van der Waals surface area (Å²) in [5.74, 6) is 5.40. The number of ether oxygens (including phenoxy) is 1. The van der Waals surface area contributed by atoms with Gasteiger partial charge in [-0.15, -0.1) is 0 Å². The minimum absolute atomic E-state index is 0.0390. The first-order chi connectivity index (χ1) is 17.0. The number of urea groups is 1. The Labute approximate surface area is 213 Å². The molecule has 2 aromatic carbocycles. The molecule has 0 aliphatic carbocycles. The molecule has 1 aliphatic rings. The molecule has 0 saturated carbocycles. The second-order valence-electron chi connectivity index (χ2n) is 9.42. The van der Waals surface area contributed by atoms with Gasteiger partial charge in [-0.1, -0.05) is 32.6 Å². The van der Waals surface area contributed by atoms with E-state index in [1.165, 1.54) is 19.2 Å². The fourth-order valence-electron chi connectivity index (χ4n) is 3.74. The number of sulfonamides is 1. The lowest BCUT2D eigenvalue weighted by molar-refractivity contribution is -0.137. The molecule has 37 heavy (non-hydrogen) atoms. The van der Waals surface area contributed by atoms with Crippen molar-refractivity contribution < 1.29 is 35.9 Å². The molecule has 1 heterocycles. The maximum atomic E-state index is 13.6. The molecule has 12 heteroatoms. The number of hydrogen-bond donors (Lipinski definition) is 2. The summed E-state index contributed by atoms with van der Waals surface area (Å²) >= 11 is 0. The second-order valence-corrected chi connectivity index (χ2v) is 11.2. The molecule has 0 atom stereocenters. The normalized spacial score (nSPS) is 14.5. The zero-order chi connectivity index (χ0) is 27.8. The summed E-state index contributed by atoms with van der Waals surface area (Å²) in [6.07, 6.45) is -3.98. The van der Waals surface area contributed by atoms with Crippen molar-refractivity contribution in [2.45, 2.75) is 38.8 Å². The van der Waals surface area contributed by atoms with Crippen molar-refractivity contribution in [1.29, 1.82) is 0 Å². The largest absolute Gasteiger partial charge is 0.495 e. The number of benzene rings is 2. The van der Waals surface area contributed by atoms with E-state index in [1.54, 1.807) is 6.07 Å². The van der Waals surface area contributed by atoms with E-state index in [2.05, 4.69) is 17.2 Å². The van der Waals surface area contributed by atoms with Crippen molar-refractivity contribution in [1.82, 2.24) is 5.32 Å². The molecule has 1 saturated heterocycles. The SMILES string of the molecule is COc1c(C#Cc2ccc(NS(C)(=O)=O)c(C(F)(F)F)c2)cc(N2C(=O)CCNC2=O)cc1C(C)(C)C. The van der Waals surface area contributed by atoms with E-state index >= 15 is 0 Å². The predicted octanol–water partition coefficient (Wildman–Crippen LogP) is 4.23. The molecule has 1 aliphatic heterocycles. The maximum absolute atomic E-state index is 13.6. The molecule has 0 unspecified atom stereocenters. The first kappa shape index (κ1) is 27.9. The van der Waals surface area contributed by atoms with Gasteiger partial charge in [-0.3, -0.25) is 9.52 Å². The highest BCUT2D eigenvalue weighted by Crippen LogP contribution is 2.39. The average molecular weight is 538 g/mol. The number of anilines is 2. The lowest BCUT2D eigenvalue weighted by Gasteiger charge is -2.29. The first-order valence-electron chi connectivity index (χ1n) is 11.1. The summed E-state index contributed by atoms with van der Waals surface area (Å²) in [6.45, 7) is 5.90. The Hall–Kier alpha value is -3.72. The summed E-state index contributed by atoms with van der Waals surface area (Å²) in [7, 11) is -2.53. The van der Waals surface area contributed by atoms with Crippen molar-refractivity contribution >= 4 is 33.3 Å². The fraction of sp³-hybridized carbons (Fsp3) is 0.360. The Morgan fingerprint density at radius 2 is 1.73 bits per heavy atom. The summed E-state index contributed by atoms with van der Waals surface area (Å²) < 4.78 is 71.3. The van der Waals surface area contributed by atoms with Crippen LogP contribution in [0, 0.1) is 11.8 Å². The smallest absolute Gasteiger partial charge is 0.418 e. The van der Waals surface area contributed by atoms with Crippen LogP contribution in [0.25, 0.3) is 0 Å². The third kappa shape index (κ3) is 6.54. The van der Waals surface area contributed by atoms with Crippen LogP contribution < -0.4 is 19.7 Å². The molecule has 0 radical (unpaired) electrons. The monoisotopic (exact) mass is 537 g/mol. The number of amides is 3. The molecule has 0 spiro atoms. The van der Waals surface area contributed by atoms with E-state index in [-0.39, 0.29) is 29.8 Å². The van der Waals surface area contributed by atoms with Gasteiger partial charge in [0, 0.05) is 24.1 Å². The Morgan fingerprint density at radius 3 is 2.27 bits per heavy atom. The van der Waals surface area contributed by atoms with Gasteiger partial charge in [-0.05, 0) is 35.7 Å². The van der Waals surface area contributed by atoms with Crippen LogP contribution in [0.5, 0.6) is 5.75 Å². The van der Waals surface area contributed by atoms with E-state index in [0.717, 1.165) is 23.3 Å². The van der Waals surface area contributed by atoms with E-state index in [0.29, 0.717) is 11.3 Å². The molecule has 3 rings (SSSR count). The van der Waals surface area contributed by atoms with Crippen LogP contribution in [0.3, 0.4) is 0 Å². The summed E-state index contributed by atoms with van der Waals surface area (Å²) in [5.41, 5.74) is -1.23. The highest BCUT2D eigenvalue weighted by molar-refractivity contribution is 7.92. The minimum atomic E-state index is -4.84. The average Bonchev–Trinajstić information content (AvgIpc) is 2.75. The lowest BCUT2D eigenvalue weighted by atomic mass is 9.84. The van der Waals surface area contributed by atoms with Crippen LogP contribution in [0.1, 0.15) is 49.4 Å². The molecular formula is C25H26F3N3O5S. The van der Waals surface area contributed by atoms with Crippen LogP contribution >= 0.6 is 0 Å². The maximum Gasteiger partial charge on any atom is 0.418 e. The third-order valence-electron chi connectivity index (χ3n) is 5.37. The van der Waals surface area contributed by atoms with Crippen LogP contribution in [-0.2, 0) is 26.4 Å². The van der Waals surface area contributed by atoms with E-state index in [9.17, 15) is 31.2 Å².